The summed E-state index contributed by atoms with van der Waals surface area (Å²) in [6.45, 7) is 4.24. The van der Waals surface area contributed by atoms with Gasteiger partial charge in [0.2, 0.25) is 5.91 Å². The number of carboxylic acid groups (broad SMARTS) is 1. The van der Waals surface area contributed by atoms with Crippen LogP contribution in [0.5, 0.6) is 0 Å². The molecule has 1 fully saturated rings. The normalized spacial score (nSPS) is 18.9. The Morgan fingerprint density at radius 1 is 1.50 bits per heavy atom. The van der Waals surface area contributed by atoms with Gasteiger partial charge in [0.1, 0.15) is 6.04 Å². The second kappa shape index (κ2) is 5.30. The predicted octanol–water partition coefficient (Wildman–Crippen LogP) is 0.306. The summed E-state index contributed by atoms with van der Waals surface area (Å²) in [5.41, 5.74) is 0. The molecule has 2 N–H and O–H groups in total. The molecule has 0 bridgehead atoms. The van der Waals surface area contributed by atoms with E-state index in [-0.39, 0.29) is 11.8 Å². The largest absolute Gasteiger partial charge is 0.480 e. The van der Waals surface area contributed by atoms with Crippen LogP contribution in [0, 0.1) is 5.92 Å². The number of nitrogens with zero attached hydrogens (tertiary/aromatic N) is 1. The summed E-state index contributed by atoms with van der Waals surface area (Å²) >= 11 is 0. The molecule has 16 heavy (non-hydrogen) atoms. The molecule has 0 aromatic heterocycles. The van der Waals surface area contributed by atoms with Crippen molar-refractivity contribution < 1.29 is 14.7 Å². The van der Waals surface area contributed by atoms with Gasteiger partial charge in [-0.2, -0.15) is 0 Å². The fourth-order valence-corrected chi connectivity index (χ4v) is 1.67. The Labute approximate surface area is 95.8 Å². The lowest BCUT2D eigenvalue weighted by molar-refractivity contribution is -0.141. The lowest BCUT2D eigenvalue weighted by atomic mass is 10.1. The van der Waals surface area contributed by atoms with Crippen molar-refractivity contribution in [1.82, 2.24) is 10.2 Å². The smallest absolute Gasteiger partial charge is 0.321 e. The molecule has 1 aliphatic carbocycles. The molecule has 1 rings (SSSR count). The quantitative estimate of drug-likeness (QED) is 0.686. The maximum Gasteiger partial charge on any atom is 0.321 e. The Morgan fingerprint density at radius 3 is 2.44 bits per heavy atom. The van der Waals surface area contributed by atoms with E-state index < -0.39 is 18.1 Å². The Balaban J connectivity index is 2.50. The van der Waals surface area contributed by atoms with Gasteiger partial charge in [-0.05, 0) is 32.6 Å². The van der Waals surface area contributed by atoms with Crippen molar-refractivity contribution in [3.05, 3.63) is 0 Å². The summed E-state index contributed by atoms with van der Waals surface area (Å²) in [5.74, 6) is -0.726. The number of rotatable bonds is 6. The fourth-order valence-electron chi connectivity index (χ4n) is 1.67. The Hall–Kier alpha value is -1.10. The fraction of sp³-hybridized carbons (Fsp3) is 0.818. The highest BCUT2D eigenvalue weighted by Crippen LogP contribution is 2.32. The van der Waals surface area contributed by atoms with Crippen LogP contribution >= 0.6 is 0 Å². The second-order valence-electron chi connectivity index (χ2n) is 4.39. The summed E-state index contributed by atoms with van der Waals surface area (Å²) in [7, 11) is 1.72. The minimum absolute atomic E-state index is 0.0607. The average Bonchev–Trinajstić information content (AvgIpc) is 3.06. The number of carboxylic acids is 1. The Kier molecular flexibility index (Phi) is 4.29. The van der Waals surface area contributed by atoms with Crippen LogP contribution in [0.25, 0.3) is 0 Å². The molecule has 0 aromatic carbocycles. The zero-order chi connectivity index (χ0) is 12.3. The molecule has 0 aromatic rings. The molecule has 1 aliphatic rings. The highest BCUT2D eigenvalue weighted by atomic mass is 16.4. The maximum absolute atomic E-state index is 11.7. The van der Waals surface area contributed by atoms with Gasteiger partial charge in [-0.15, -0.1) is 0 Å². The SMILES string of the molecule is CCN(C)C(=O)C(C)NC(C(=O)O)C1CC1. The van der Waals surface area contributed by atoms with Crippen molar-refractivity contribution in [3.63, 3.8) is 0 Å². The number of nitrogens with one attached hydrogen (secondary N) is 1. The first kappa shape index (κ1) is 13.0. The van der Waals surface area contributed by atoms with E-state index in [1.54, 1.807) is 18.9 Å². The molecule has 92 valence electrons. The van der Waals surface area contributed by atoms with Gasteiger partial charge >= 0.3 is 5.97 Å². The third-order valence-corrected chi connectivity index (χ3v) is 3.01. The molecule has 0 saturated heterocycles. The molecule has 5 heteroatoms. The van der Waals surface area contributed by atoms with Gasteiger partial charge in [-0.1, -0.05) is 0 Å². The van der Waals surface area contributed by atoms with E-state index in [9.17, 15) is 9.59 Å². The van der Waals surface area contributed by atoms with Crippen LogP contribution < -0.4 is 5.32 Å². The van der Waals surface area contributed by atoms with Gasteiger partial charge in [0.05, 0.1) is 6.04 Å². The molecule has 0 spiro atoms. The average molecular weight is 228 g/mol. The van der Waals surface area contributed by atoms with E-state index in [1.807, 2.05) is 6.92 Å². The van der Waals surface area contributed by atoms with Gasteiger partial charge in [0.25, 0.3) is 0 Å². The molecule has 2 unspecified atom stereocenters. The molecular weight excluding hydrogens is 208 g/mol. The van der Waals surface area contributed by atoms with Crippen LogP contribution in [0.3, 0.4) is 0 Å². The maximum atomic E-state index is 11.7. The van der Waals surface area contributed by atoms with Crippen LogP contribution in [-0.4, -0.2) is 47.6 Å². The van der Waals surface area contributed by atoms with E-state index >= 15 is 0 Å². The Bertz CT molecular complexity index is 276. The molecular formula is C11H20N2O3. The number of carbonyl (C=O) groups excluding carboxylic acids is 1. The van der Waals surface area contributed by atoms with E-state index in [0.29, 0.717) is 6.54 Å². The summed E-state index contributed by atoms with van der Waals surface area (Å²) < 4.78 is 0. The van der Waals surface area contributed by atoms with Gasteiger partial charge in [0, 0.05) is 13.6 Å². The van der Waals surface area contributed by atoms with E-state index in [2.05, 4.69) is 5.32 Å². The van der Waals surface area contributed by atoms with Crippen molar-refractivity contribution in [2.24, 2.45) is 5.92 Å². The van der Waals surface area contributed by atoms with E-state index in [4.69, 9.17) is 5.11 Å². The molecule has 0 radical (unpaired) electrons. The first-order valence-electron chi connectivity index (χ1n) is 5.71. The van der Waals surface area contributed by atoms with Crippen LogP contribution in [0.4, 0.5) is 0 Å². The standard InChI is InChI=1S/C11H20N2O3/c1-4-13(3)10(14)7(2)12-9(11(15)16)8-5-6-8/h7-9,12H,4-6H2,1-3H3,(H,15,16). The molecule has 0 aliphatic heterocycles. The first-order chi connectivity index (χ1) is 7.47. The van der Waals surface area contributed by atoms with Gasteiger partial charge in [0.15, 0.2) is 0 Å². The number of amides is 1. The minimum Gasteiger partial charge on any atom is -0.480 e. The highest BCUT2D eigenvalue weighted by molar-refractivity contribution is 5.82. The van der Waals surface area contributed by atoms with Gasteiger partial charge in [-0.3, -0.25) is 14.9 Å². The van der Waals surface area contributed by atoms with Crippen molar-refractivity contribution in [1.29, 1.82) is 0 Å². The molecule has 0 heterocycles. The van der Waals surface area contributed by atoms with Crippen LogP contribution in [-0.2, 0) is 9.59 Å². The zero-order valence-electron chi connectivity index (χ0n) is 10.1. The third kappa shape index (κ3) is 3.20. The number of hydrogen-bond acceptors (Lipinski definition) is 3. The number of aliphatic carboxylic acids is 1. The first-order valence-corrected chi connectivity index (χ1v) is 5.71. The number of likely N-dealkylation sites (N-methyl/N-ethyl adjacent to an activating group) is 1. The summed E-state index contributed by atoms with van der Waals surface area (Å²) in [5, 5.41) is 11.9. The van der Waals surface area contributed by atoms with Crippen molar-refractivity contribution in [2.75, 3.05) is 13.6 Å². The zero-order valence-corrected chi connectivity index (χ0v) is 10.1. The topological polar surface area (TPSA) is 69.6 Å². The Morgan fingerprint density at radius 2 is 2.06 bits per heavy atom. The second-order valence-corrected chi connectivity index (χ2v) is 4.39. The summed E-state index contributed by atoms with van der Waals surface area (Å²) in [4.78, 5) is 24.3. The molecule has 5 nitrogen and oxygen atoms in total. The highest BCUT2D eigenvalue weighted by Gasteiger charge is 2.37. The van der Waals surface area contributed by atoms with Crippen LogP contribution in [0.1, 0.15) is 26.7 Å². The number of hydrogen-bond donors (Lipinski definition) is 2. The van der Waals surface area contributed by atoms with E-state index in [0.717, 1.165) is 12.8 Å². The lowest BCUT2D eigenvalue weighted by Crippen LogP contribution is -2.50. The lowest BCUT2D eigenvalue weighted by Gasteiger charge is -2.23. The van der Waals surface area contributed by atoms with E-state index in [1.165, 1.54) is 0 Å². The van der Waals surface area contributed by atoms with Crippen LogP contribution in [0.2, 0.25) is 0 Å². The minimum atomic E-state index is -0.860. The van der Waals surface area contributed by atoms with Gasteiger partial charge < -0.3 is 10.0 Å². The molecule has 1 saturated carbocycles. The van der Waals surface area contributed by atoms with Gasteiger partial charge in [-0.25, -0.2) is 0 Å². The third-order valence-electron chi connectivity index (χ3n) is 3.01. The van der Waals surface area contributed by atoms with Crippen molar-refractivity contribution in [2.45, 2.75) is 38.8 Å². The number of carbonyl (C=O) groups is 2. The molecule has 2 atom stereocenters. The summed E-state index contributed by atoms with van der Waals surface area (Å²) in [6, 6.07) is -1.02. The van der Waals surface area contributed by atoms with Crippen molar-refractivity contribution in [3.8, 4) is 0 Å². The summed E-state index contributed by atoms with van der Waals surface area (Å²) in [6.07, 6.45) is 1.88. The van der Waals surface area contributed by atoms with Crippen molar-refractivity contribution >= 4 is 11.9 Å². The van der Waals surface area contributed by atoms with Crippen LogP contribution in [0.15, 0.2) is 0 Å². The molecule has 1 amide bonds. The monoisotopic (exact) mass is 228 g/mol. The predicted molar refractivity (Wildman–Crippen MR) is 60.1 cm³/mol.